The number of para-hydroxylation sites is 1. The van der Waals surface area contributed by atoms with Crippen LogP contribution in [-0.2, 0) is 21.4 Å². The number of carboxylic acid groups (broad SMARTS) is 1. The van der Waals surface area contributed by atoms with E-state index in [2.05, 4.69) is 0 Å². The Morgan fingerprint density at radius 2 is 1.72 bits per heavy atom. The Morgan fingerprint density at radius 1 is 1.12 bits per heavy atom. The van der Waals surface area contributed by atoms with Gasteiger partial charge in [-0.1, -0.05) is 18.2 Å². The van der Waals surface area contributed by atoms with Crippen molar-refractivity contribution in [3.63, 3.8) is 0 Å². The lowest BCUT2D eigenvalue weighted by Crippen LogP contribution is -2.39. The highest BCUT2D eigenvalue weighted by Crippen LogP contribution is 2.20. The quantitative estimate of drug-likeness (QED) is 0.878. The van der Waals surface area contributed by atoms with Crippen molar-refractivity contribution in [3.8, 4) is 5.69 Å². The molecular weight excluding hydrogens is 326 g/mol. The molecule has 1 N–H and O–H groups in total. The summed E-state index contributed by atoms with van der Waals surface area (Å²) in [4.78, 5) is 48.7. The van der Waals surface area contributed by atoms with Crippen molar-refractivity contribution >= 4 is 23.5 Å². The molecule has 0 aliphatic heterocycles. The van der Waals surface area contributed by atoms with Gasteiger partial charge in [0, 0.05) is 20.4 Å². The van der Waals surface area contributed by atoms with Crippen LogP contribution >= 0.6 is 0 Å². The van der Waals surface area contributed by atoms with Gasteiger partial charge in [0.15, 0.2) is 0 Å². The predicted molar refractivity (Wildman–Crippen MR) is 90.8 cm³/mol. The van der Waals surface area contributed by atoms with E-state index in [1.54, 1.807) is 42.9 Å². The van der Waals surface area contributed by atoms with Crippen LogP contribution in [0.4, 0.5) is 5.69 Å². The summed E-state index contributed by atoms with van der Waals surface area (Å²) in [6, 6.07) is 8.81. The minimum atomic E-state index is -1.15. The summed E-state index contributed by atoms with van der Waals surface area (Å²) >= 11 is 0. The van der Waals surface area contributed by atoms with Crippen molar-refractivity contribution in [2.24, 2.45) is 7.05 Å². The molecule has 1 aromatic carbocycles. The third-order valence-electron chi connectivity index (χ3n) is 3.86. The fourth-order valence-corrected chi connectivity index (χ4v) is 2.60. The van der Waals surface area contributed by atoms with Crippen LogP contribution in [0.15, 0.2) is 35.1 Å². The highest BCUT2D eigenvalue weighted by Gasteiger charge is 2.29. The van der Waals surface area contributed by atoms with E-state index >= 15 is 0 Å². The molecule has 0 saturated carbocycles. The Balaban J connectivity index is 2.57. The Bertz CT molecular complexity index is 880. The van der Waals surface area contributed by atoms with Crippen molar-refractivity contribution in [3.05, 3.63) is 46.4 Å². The maximum atomic E-state index is 12.9. The van der Waals surface area contributed by atoms with Crippen molar-refractivity contribution in [2.45, 2.75) is 26.7 Å². The molecule has 0 atom stereocenters. The normalized spacial score (nSPS) is 10.5. The SMILES string of the molecule is CC(=O)N(C(=O)CCC(=O)O)c1c(C)n(C)n(-c2ccccc2)c1=O. The standard InChI is InChI=1S/C17H19N3O5/c1-11-16(19(12(2)21)14(22)9-10-15(23)24)17(25)20(18(11)3)13-7-5-4-6-8-13/h4-8H,9-10H2,1-3H3,(H,23,24). The molecule has 0 unspecified atom stereocenters. The molecule has 0 saturated heterocycles. The highest BCUT2D eigenvalue weighted by atomic mass is 16.4. The van der Waals surface area contributed by atoms with Gasteiger partial charge in [0.2, 0.25) is 11.8 Å². The second kappa shape index (κ2) is 7.16. The largest absolute Gasteiger partial charge is 0.481 e. The van der Waals surface area contributed by atoms with E-state index in [1.807, 2.05) is 6.07 Å². The van der Waals surface area contributed by atoms with Crippen LogP contribution < -0.4 is 10.5 Å². The number of carbonyl (C=O) groups excluding carboxylic acids is 2. The number of carboxylic acids is 1. The van der Waals surface area contributed by atoms with E-state index < -0.39 is 29.8 Å². The van der Waals surface area contributed by atoms with E-state index in [4.69, 9.17) is 5.11 Å². The molecule has 2 aromatic rings. The van der Waals surface area contributed by atoms with Crippen molar-refractivity contribution in [1.29, 1.82) is 0 Å². The van der Waals surface area contributed by atoms with Crippen molar-refractivity contribution < 1.29 is 19.5 Å². The topological polar surface area (TPSA) is 102 Å². The first-order valence-electron chi connectivity index (χ1n) is 7.65. The van der Waals surface area contributed by atoms with Crippen molar-refractivity contribution in [2.75, 3.05) is 4.90 Å². The molecule has 2 amide bonds. The van der Waals surface area contributed by atoms with Gasteiger partial charge in [-0.2, -0.15) is 0 Å². The number of hydrogen-bond donors (Lipinski definition) is 1. The van der Waals surface area contributed by atoms with E-state index in [0.717, 1.165) is 11.8 Å². The van der Waals surface area contributed by atoms with Gasteiger partial charge in [0.05, 0.1) is 17.8 Å². The third-order valence-corrected chi connectivity index (χ3v) is 3.86. The Morgan fingerprint density at radius 3 is 2.24 bits per heavy atom. The Labute approximate surface area is 143 Å². The molecule has 0 spiro atoms. The zero-order chi connectivity index (χ0) is 18.7. The van der Waals surface area contributed by atoms with E-state index in [1.165, 1.54) is 4.68 Å². The maximum absolute atomic E-state index is 12.9. The number of amides is 2. The Hall–Kier alpha value is -3.16. The smallest absolute Gasteiger partial charge is 0.303 e. The number of imide groups is 1. The number of anilines is 1. The second-order valence-corrected chi connectivity index (χ2v) is 5.55. The molecule has 0 bridgehead atoms. The molecule has 0 fully saturated rings. The first-order chi connectivity index (χ1) is 11.8. The van der Waals surface area contributed by atoms with Crippen LogP contribution in [0, 0.1) is 6.92 Å². The number of hydrogen-bond acceptors (Lipinski definition) is 4. The minimum absolute atomic E-state index is 0.0609. The molecule has 8 heteroatoms. The van der Waals surface area contributed by atoms with Crippen LogP contribution in [-0.4, -0.2) is 32.3 Å². The lowest BCUT2D eigenvalue weighted by atomic mass is 10.2. The molecule has 1 aromatic heterocycles. The molecular formula is C17H19N3O5. The van der Waals surface area contributed by atoms with Gasteiger partial charge in [-0.3, -0.25) is 23.9 Å². The molecule has 0 aliphatic carbocycles. The number of nitrogens with zero attached hydrogens (tertiary/aromatic N) is 3. The van der Waals surface area contributed by atoms with E-state index in [9.17, 15) is 19.2 Å². The van der Waals surface area contributed by atoms with Crippen molar-refractivity contribution in [1.82, 2.24) is 9.36 Å². The number of aliphatic carboxylic acids is 1. The average Bonchev–Trinajstić information content (AvgIpc) is 2.77. The second-order valence-electron chi connectivity index (χ2n) is 5.55. The molecule has 2 rings (SSSR count). The number of benzene rings is 1. The summed E-state index contributed by atoms with van der Waals surface area (Å²) in [6.45, 7) is 2.79. The van der Waals surface area contributed by atoms with Gasteiger partial charge >= 0.3 is 5.97 Å². The van der Waals surface area contributed by atoms with Gasteiger partial charge < -0.3 is 5.11 Å². The van der Waals surface area contributed by atoms with Gasteiger partial charge in [0.1, 0.15) is 5.69 Å². The fraction of sp³-hybridized carbons (Fsp3) is 0.294. The maximum Gasteiger partial charge on any atom is 0.303 e. The summed E-state index contributed by atoms with van der Waals surface area (Å²) in [5.41, 5.74) is 0.429. The summed E-state index contributed by atoms with van der Waals surface area (Å²) in [6.07, 6.45) is -0.782. The summed E-state index contributed by atoms with van der Waals surface area (Å²) in [5.74, 6) is -2.51. The minimum Gasteiger partial charge on any atom is -0.481 e. The summed E-state index contributed by atoms with van der Waals surface area (Å²) in [7, 11) is 1.65. The van der Waals surface area contributed by atoms with Crippen LogP contribution in [0.3, 0.4) is 0 Å². The van der Waals surface area contributed by atoms with Gasteiger partial charge in [-0.25, -0.2) is 9.58 Å². The zero-order valence-electron chi connectivity index (χ0n) is 14.2. The van der Waals surface area contributed by atoms with Gasteiger partial charge in [0.25, 0.3) is 5.56 Å². The zero-order valence-corrected chi connectivity index (χ0v) is 14.2. The fourth-order valence-electron chi connectivity index (χ4n) is 2.60. The van der Waals surface area contributed by atoms with Crippen LogP contribution in [0.25, 0.3) is 5.69 Å². The van der Waals surface area contributed by atoms with E-state index in [-0.39, 0.29) is 12.1 Å². The monoisotopic (exact) mass is 345 g/mol. The first kappa shape index (κ1) is 18.2. The first-order valence-corrected chi connectivity index (χ1v) is 7.65. The Kier molecular flexibility index (Phi) is 5.21. The highest BCUT2D eigenvalue weighted by molar-refractivity contribution is 6.14. The van der Waals surface area contributed by atoms with Crippen LogP contribution in [0.1, 0.15) is 25.5 Å². The third kappa shape index (κ3) is 3.52. The molecule has 1 heterocycles. The molecule has 25 heavy (non-hydrogen) atoms. The lowest BCUT2D eigenvalue weighted by Gasteiger charge is -2.17. The lowest BCUT2D eigenvalue weighted by molar-refractivity contribution is -0.139. The number of carbonyl (C=O) groups is 3. The van der Waals surface area contributed by atoms with E-state index in [0.29, 0.717) is 11.4 Å². The summed E-state index contributed by atoms with van der Waals surface area (Å²) < 4.78 is 2.90. The average molecular weight is 345 g/mol. The predicted octanol–water partition coefficient (Wildman–Crippen LogP) is 1.23. The van der Waals surface area contributed by atoms with Crippen LogP contribution in [0.2, 0.25) is 0 Å². The van der Waals surface area contributed by atoms with Crippen LogP contribution in [0.5, 0.6) is 0 Å². The molecule has 0 aliphatic rings. The van der Waals surface area contributed by atoms with Gasteiger partial charge in [-0.15, -0.1) is 0 Å². The molecule has 0 radical (unpaired) electrons. The van der Waals surface area contributed by atoms with Gasteiger partial charge in [-0.05, 0) is 19.1 Å². The molecule has 8 nitrogen and oxygen atoms in total. The number of rotatable bonds is 5. The summed E-state index contributed by atoms with van der Waals surface area (Å²) in [5, 5.41) is 8.73. The number of aromatic nitrogens is 2. The molecule has 132 valence electrons.